The molecule has 123 heavy (non-hydrogen) atoms. The summed E-state index contributed by atoms with van der Waals surface area (Å²) in [5, 5.41) is 9.60. The van der Waals surface area contributed by atoms with Crippen molar-refractivity contribution in [3.05, 3.63) is 288 Å². The molecule has 0 aliphatic carbocycles. The van der Waals surface area contributed by atoms with Crippen LogP contribution in [0.4, 0.5) is 75.5 Å². The van der Waals surface area contributed by atoms with Crippen molar-refractivity contribution in [3.8, 4) is 23.3 Å². The Bertz CT molecular complexity index is 6060. The number of benzene rings is 8. The molecule has 12 heterocycles. The van der Waals surface area contributed by atoms with E-state index in [1.165, 1.54) is 87.6 Å². The third-order valence-corrected chi connectivity index (χ3v) is 18.8. The largest absolute Gasteiger partial charge is 1.00 e. The number of H-pyrrole nitrogens is 3. The minimum Gasteiger partial charge on any atom is -0.433 e. The number of hydrogen-bond acceptors (Lipinski definition) is 12. The molecule has 0 saturated heterocycles. The summed E-state index contributed by atoms with van der Waals surface area (Å²) in [5.41, 5.74) is 26.0. The predicted molar refractivity (Wildman–Crippen MR) is 448 cm³/mol. The molecule has 12 aromatic heterocycles. The SMILES string of the molecule is Cc1c(C)c2cccnc2c2ncccc12.Cc1c(C)c2cccnc2c2ncccc12.Cc1c(C)c2cccnc2c2ncccc12.Cc1c(C)c2cccnc2c2ncccc12.F[P-](F)(F)(F)(F)F.F[P-](F)(F)(F)(F)F.F[P-](F)(F)(F)(F)F.[Ru+].[Ru].c1ccc2[n-]c(-c3nc4ccccc4[nH]3)nc2c1.c1ccc2[nH]c(-c3nc4ccccc4[nH]3)nc2c1. The Balaban J connectivity index is 0.000000147. The molecule has 0 aliphatic heterocycles. The van der Waals surface area contributed by atoms with E-state index in [1.807, 2.05) is 195 Å². The van der Waals surface area contributed by atoms with Crippen molar-refractivity contribution in [2.75, 3.05) is 0 Å². The first kappa shape index (κ1) is 93.5. The van der Waals surface area contributed by atoms with E-state index in [4.69, 9.17) is 0 Å². The van der Waals surface area contributed by atoms with Gasteiger partial charge in [-0.25, -0.2) is 15.0 Å². The van der Waals surface area contributed by atoms with Crippen molar-refractivity contribution >= 4 is 155 Å². The number of fused-ring (bicyclic) bond motifs is 16. The second-order valence-corrected chi connectivity index (χ2v) is 33.2. The number of pyridine rings is 8. The first-order chi connectivity index (χ1) is 56.3. The minimum absolute atomic E-state index is 0. The Morgan fingerprint density at radius 2 is 0.407 bits per heavy atom. The quantitative estimate of drug-likeness (QED) is 0.0636. The summed E-state index contributed by atoms with van der Waals surface area (Å²) in [6, 6.07) is 64.3. The fraction of sp³-hybridized carbons (Fsp3) is 0.0952. The maximum Gasteiger partial charge on any atom is 1.00 e. The zero-order chi connectivity index (χ0) is 87.6. The summed E-state index contributed by atoms with van der Waals surface area (Å²) >= 11 is 0. The van der Waals surface area contributed by atoms with Crippen molar-refractivity contribution in [2.45, 2.75) is 55.4 Å². The maximum absolute atomic E-state index is 10.7. The van der Waals surface area contributed by atoms with Crippen LogP contribution in [0.15, 0.2) is 244 Å². The molecule has 0 atom stereocenters. The molecule has 0 fully saturated rings. The van der Waals surface area contributed by atoms with Crippen LogP contribution in [-0.4, -0.2) is 74.8 Å². The van der Waals surface area contributed by atoms with Crippen molar-refractivity contribution in [1.82, 2.24) is 79.7 Å². The summed E-state index contributed by atoms with van der Waals surface area (Å²) < 4.78 is 178. The number of nitrogens with zero attached hydrogens (tertiary/aromatic N) is 13. The van der Waals surface area contributed by atoms with Gasteiger partial charge in [-0.05, 0) is 202 Å². The molecular formula is C84H67F18N16P3Ru2-3. The van der Waals surface area contributed by atoms with Gasteiger partial charge in [0.1, 0.15) is 5.82 Å². The normalized spacial score (nSPS) is 13.1. The van der Waals surface area contributed by atoms with E-state index in [2.05, 4.69) is 184 Å². The molecule has 0 bridgehead atoms. The van der Waals surface area contributed by atoms with Gasteiger partial charge in [-0.15, -0.1) is 0 Å². The molecule has 0 saturated carbocycles. The van der Waals surface area contributed by atoms with Crippen molar-refractivity contribution in [2.24, 2.45) is 0 Å². The third-order valence-electron chi connectivity index (χ3n) is 18.8. The van der Waals surface area contributed by atoms with E-state index in [0.717, 1.165) is 99.9 Å². The van der Waals surface area contributed by atoms with Gasteiger partial charge in [0, 0.05) is 112 Å². The van der Waals surface area contributed by atoms with Gasteiger partial charge in [0.25, 0.3) is 0 Å². The van der Waals surface area contributed by atoms with E-state index in [0.29, 0.717) is 11.6 Å². The molecule has 0 aliphatic rings. The third kappa shape index (κ3) is 25.7. The average Bonchev–Trinajstić information content (AvgIpc) is 1.46. The van der Waals surface area contributed by atoms with E-state index in [1.54, 1.807) is 0 Å². The molecule has 39 heteroatoms. The van der Waals surface area contributed by atoms with Gasteiger partial charge in [0.05, 0.1) is 77.2 Å². The van der Waals surface area contributed by atoms with E-state index in [9.17, 15) is 75.5 Å². The summed E-state index contributed by atoms with van der Waals surface area (Å²) in [6.45, 7) is 17.2. The number of hydrogen-bond donors (Lipinski definition) is 3. The molecule has 0 spiro atoms. The molecule has 0 amide bonds. The fourth-order valence-electron chi connectivity index (χ4n) is 13.0. The number of para-hydroxylation sites is 8. The van der Waals surface area contributed by atoms with Crippen molar-refractivity contribution < 1.29 is 115 Å². The van der Waals surface area contributed by atoms with Crippen LogP contribution in [0.1, 0.15) is 44.5 Å². The van der Waals surface area contributed by atoms with Gasteiger partial charge < -0.3 is 24.9 Å². The molecule has 3 N–H and O–H groups in total. The Morgan fingerprint density at radius 1 is 0.228 bits per heavy atom. The second kappa shape index (κ2) is 33.8. The number of aromatic nitrogens is 16. The topological polar surface area (TPSA) is 216 Å². The summed E-state index contributed by atoms with van der Waals surface area (Å²) in [4.78, 5) is 67.9. The van der Waals surface area contributed by atoms with Crippen LogP contribution in [0.25, 0.3) is 155 Å². The Hall–Kier alpha value is -11.8. The van der Waals surface area contributed by atoms with Crippen LogP contribution in [0, 0.1) is 55.4 Å². The number of nitrogens with one attached hydrogen (secondary N) is 3. The number of imidazole rings is 4. The van der Waals surface area contributed by atoms with E-state index in [-0.39, 0.29) is 39.0 Å². The summed E-state index contributed by atoms with van der Waals surface area (Å²) in [7, 11) is -32.0. The molecule has 1 radical (unpaired) electrons. The molecule has 16 nitrogen and oxygen atoms in total. The molecule has 20 rings (SSSR count). The Labute approximate surface area is 711 Å². The van der Waals surface area contributed by atoms with Crippen molar-refractivity contribution in [3.63, 3.8) is 0 Å². The Kier molecular flexibility index (Phi) is 25.7. The zero-order valence-electron chi connectivity index (χ0n) is 65.3. The van der Waals surface area contributed by atoms with Gasteiger partial charge in [-0.2, -0.15) is 0 Å². The van der Waals surface area contributed by atoms with Gasteiger partial charge >= 0.3 is 118 Å². The molecular weight excluding hydrogens is 1870 g/mol. The average molecular weight is 1940 g/mol. The monoisotopic (exact) mass is 1940 g/mol. The second-order valence-electron chi connectivity index (χ2n) is 27.4. The number of halogens is 18. The maximum atomic E-state index is 9.87. The molecule has 0 unspecified atom stereocenters. The molecule has 643 valence electrons. The van der Waals surface area contributed by atoms with Crippen LogP contribution in [0.2, 0.25) is 0 Å². The first-order valence-electron chi connectivity index (χ1n) is 36.1. The summed E-state index contributed by atoms with van der Waals surface area (Å²) in [6.07, 6.45) is 14.6. The number of aromatic amines is 3. The van der Waals surface area contributed by atoms with Gasteiger partial charge in [0.15, 0.2) is 11.6 Å². The van der Waals surface area contributed by atoms with Gasteiger partial charge in [-0.3, -0.25) is 39.9 Å². The number of rotatable bonds is 2. The van der Waals surface area contributed by atoms with Crippen LogP contribution in [0.3, 0.4) is 0 Å². The minimum atomic E-state index is -10.7. The molecule has 8 aromatic carbocycles. The Morgan fingerprint density at radius 3 is 0.610 bits per heavy atom. The van der Waals surface area contributed by atoms with Gasteiger partial charge in [0.2, 0.25) is 0 Å². The molecule has 20 aromatic rings. The zero-order valence-corrected chi connectivity index (χ0v) is 71.4. The standard InChI is InChI=1S/C14H10N4.C14H9N4.4C14H12N2.3F6P.2Ru/c2*1-2-6-10-9(5-1)15-13(16-10)14-17-11-7-3-4-8-12(11)18-14;4*1-9-10(2)12-6-4-8-16-14(12)13-11(9)5-3-7-15-13;3*1-7(2,3,4,5)6;;/h1-8H,(H,15,16)(H,17,18);1-8H,(H-,15,16,17,18);4*3-8H,1-2H3;;;;;/q;-1;;;;;3*-1;;+1. The van der Waals surface area contributed by atoms with Crippen LogP contribution in [0.5, 0.6) is 0 Å². The fourth-order valence-corrected chi connectivity index (χ4v) is 13.0. The van der Waals surface area contributed by atoms with Crippen LogP contribution < -0.4 is 4.98 Å². The summed E-state index contributed by atoms with van der Waals surface area (Å²) in [5.74, 6) is 2.90. The predicted octanol–water partition coefficient (Wildman–Crippen LogP) is 29.6. The number of aryl methyl sites for hydroxylation is 8. The van der Waals surface area contributed by atoms with Crippen LogP contribution >= 0.6 is 23.4 Å². The van der Waals surface area contributed by atoms with Gasteiger partial charge in [-0.1, -0.05) is 109 Å². The van der Waals surface area contributed by atoms with E-state index >= 15 is 0 Å². The van der Waals surface area contributed by atoms with Crippen molar-refractivity contribution in [1.29, 1.82) is 0 Å². The smallest absolute Gasteiger partial charge is 0.433 e. The van der Waals surface area contributed by atoms with Crippen LogP contribution in [-0.2, 0) is 39.0 Å². The van der Waals surface area contributed by atoms with E-state index < -0.39 is 23.4 Å². The first-order valence-corrected chi connectivity index (χ1v) is 42.2.